The van der Waals surface area contributed by atoms with Crippen LogP contribution < -0.4 is 0 Å². The lowest BCUT2D eigenvalue weighted by Crippen LogP contribution is -2.48. The largest absolute Gasteiger partial charge is 0.336 e. The number of hydrogen-bond donors (Lipinski definition) is 0. The summed E-state index contributed by atoms with van der Waals surface area (Å²) in [5, 5.41) is 0. The van der Waals surface area contributed by atoms with Crippen LogP contribution in [0.2, 0.25) is 0 Å². The first kappa shape index (κ1) is 21.7. The van der Waals surface area contributed by atoms with Gasteiger partial charge in [-0.1, -0.05) is 31.4 Å². The summed E-state index contributed by atoms with van der Waals surface area (Å²) in [6.45, 7) is 2.13. The van der Waals surface area contributed by atoms with Crippen molar-refractivity contribution in [3.63, 3.8) is 0 Å². The molecule has 1 aliphatic heterocycles. The van der Waals surface area contributed by atoms with Gasteiger partial charge in [-0.2, -0.15) is 4.31 Å². The normalized spacial score (nSPS) is 22.6. The Morgan fingerprint density at radius 2 is 1.63 bits per heavy atom. The lowest BCUT2D eigenvalue weighted by atomic mass is 9.94. The summed E-state index contributed by atoms with van der Waals surface area (Å²) in [5.74, 6) is -0.531. The van der Waals surface area contributed by atoms with Crippen LogP contribution >= 0.6 is 0 Å². The number of hydrogen-bond acceptors (Lipinski definition) is 4. The summed E-state index contributed by atoms with van der Waals surface area (Å²) in [5.41, 5.74) is 0. The van der Waals surface area contributed by atoms with Crippen molar-refractivity contribution in [1.82, 2.24) is 14.1 Å². The molecule has 0 bridgehead atoms. The van der Waals surface area contributed by atoms with Gasteiger partial charge in [0.15, 0.2) is 0 Å². The second kappa shape index (κ2) is 9.32. The maximum atomic E-state index is 14.1. The molecule has 30 heavy (non-hydrogen) atoms. The van der Waals surface area contributed by atoms with E-state index in [2.05, 4.69) is 9.80 Å². The third-order valence-electron chi connectivity index (χ3n) is 6.56. The molecule has 1 aromatic rings. The monoisotopic (exact) mass is 437 g/mol. The van der Waals surface area contributed by atoms with E-state index in [1.165, 1.54) is 47.8 Å². The Hall–Kier alpha value is -1.51. The highest BCUT2D eigenvalue weighted by molar-refractivity contribution is 7.89. The predicted molar refractivity (Wildman–Crippen MR) is 113 cm³/mol. The van der Waals surface area contributed by atoms with Crippen molar-refractivity contribution in [2.45, 2.75) is 68.3 Å². The number of sulfonamides is 1. The highest BCUT2D eigenvalue weighted by Crippen LogP contribution is 2.34. The third kappa shape index (κ3) is 4.86. The van der Waals surface area contributed by atoms with Gasteiger partial charge in [-0.05, 0) is 50.8 Å². The lowest BCUT2D eigenvalue weighted by Gasteiger charge is -2.36. The summed E-state index contributed by atoms with van der Waals surface area (Å²) >= 11 is 0. The molecule has 0 radical (unpaired) electrons. The molecule has 8 heteroatoms. The lowest BCUT2D eigenvalue weighted by molar-refractivity contribution is -0.136. The first-order chi connectivity index (χ1) is 14.5. The van der Waals surface area contributed by atoms with Crippen LogP contribution in [0.1, 0.15) is 51.4 Å². The van der Waals surface area contributed by atoms with E-state index in [9.17, 15) is 17.6 Å². The van der Waals surface area contributed by atoms with Crippen LogP contribution in [0.25, 0.3) is 0 Å². The zero-order chi connectivity index (χ0) is 21.1. The first-order valence-electron chi connectivity index (χ1n) is 11.2. The van der Waals surface area contributed by atoms with Crippen molar-refractivity contribution < 1.29 is 17.6 Å². The van der Waals surface area contributed by atoms with E-state index in [-0.39, 0.29) is 17.3 Å². The molecule has 2 saturated carbocycles. The van der Waals surface area contributed by atoms with Gasteiger partial charge >= 0.3 is 0 Å². The third-order valence-corrected chi connectivity index (χ3v) is 8.49. The summed E-state index contributed by atoms with van der Waals surface area (Å²) in [6.07, 6.45) is 8.73. The van der Waals surface area contributed by atoms with E-state index in [1.807, 2.05) is 0 Å². The number of nitrogens with zero attached hydrogens (tertiary/aromatic N) is 3. The molecular weight excluding hydrogens is 405 g/mol. The van der Waals surface area contributed by atoms with Gasteiger partial charge in [0, 0.05) is 31.7 Å². The van der Waals surface area contributed by atoms with E-state index < -0.39 is 15.8 Å². The predicted octanol–water partition coefficient (Wildman–Crippen LogP) is 2.85. The molecule has 2 aliphatic carbocycles. The molecular formula is C22H32FN3O3S. The van der Waals surface area contributed by atoms with Crippen molar-refractivity contribution in [3.8, 4) is 0 Å². The zero-order valence-corrected chi connectivity index (χ0v) is 18.3. The summed E-state index contributed by atoms with van der Waals surface area (Å²) in [6, 6.07) is 6.30. The Bertz CT molecular complexity index is 853. The van der Waals surface area contributed by atoms with Crippen LogP contribution in [0.5, 0.6) is 0 Å². The Morgan fingerprint density at radius 3 is 2.33 bits per heavy atom. The second-order valence-electron chi connectivity index (χ2n) is 8.79. The molecule has 1 amide bonds. The van der Waals surface area contributed by atoms with E-state index in [0.29, 0.717) is 44.7 Å². The Morgan fingerprint density at radius 1 is 0.933 bits per heavy atom. The fourth-order valence-electron chi connectivity index (χ4n) is 4.83. The molecule has 1 saturated heterocycles. The van der Waals surface area contributed by atoms with Crippen LogP contribution in [0, 0.1) is 5.82 Å². The molecule has 1 aromatic carbocycles. The molecule has 0 aromatic heterocycles. The van der Waals surface area contributed by atoms with Crippen molar-refractivity contribution in [2.75, 3.05) is 32.7 Å². The molecule has 4 rings (SSSR count). The van der Waals surface area contributed by atoms with Crippen LogP contribution in [0.4, 0.5) is 4.39 Å². The van der Waals surface area contributed by atoms with Crippen LogP contribution in [0.15, 0.2) is 29.2 Å². The number of carbonyl (C=O) groups is 1. The molecule has 3 fully saturated rings. The quantitative estimate of drug-likeness (QED) is 0.687. The topological polar surface area (TPSA) is 60.9 Å². The molecule has 1 heterocycles. The number of benzene rings is 1. The highest BCUT2D eigenvalue weighted by atomic mass is 32.2. The average Bonchev–Trinajstić information content (AvgIpc) is 3.57. The van der Waals surface area contributed by atoms with Crippen molar-refractivity contribution in [1.29, 1.82) is 0 Å². The number of carbonyl (C=O) groups excluding carboxylic acids is 1. The first-order valence-corrected chi connectivity index (χ1v) is 12.7. The smallest absolute Gasteiger partial charge is 0.246 e. The number of amides is 1. The highest BCUT2D eigenvalue weighted by Gasteiger charge is 2.38. The van der Waals surface area contributed by atoms with E-state index in [4.69, 9.17) is 0 Å². The molecule has 3 aliphatic rings. The van der Waals surface area contributed by atoms with E-state index >= 15 is 0 Å². The molecule has 0 N–H and O–H groups in total. The number of rotatable bonds is 6. The Labute approximate surface area is 179 Å². The van der Waals surface area contributed by atoms with Crippen molar-refractivity contribution in [2.24, 2.45) is 0 Å². The minimum absolute atomic E-state index is 0.190. The van der Waals surface area contributed by atoms with Gasteiger partial charge in [-0.25, -0.2) is 12.8 Å². The van der Waals surface area contributed by atoms with Gasteiger partial charge in [-0.3, -0.25) is 9.69 Å². The standard InChI is InChI=1S/C22H32FN3O3S/c23-20-9-4-5-10-21(20)30(28,29)25-14-6-13-24(15-16-25)17-22(27)26(19-11-12-19)18-7-2-1-3-8-18/h4-5,9-10,18-19H,1-3,6-8,11-17H2. The fourth-order valence-corrected chi connectivity index (χ4v) is 6.36. The second-order valence-corrected chi connectivity index (χ2v) is 10.7. The summed E-state index contributed by atoms with van der Waals surface area (Å²) in [7, 11) is -3.87. The Kier molecular flexibility index (Phi) is 6.75. The van der Waals surface area contributed by atoms with Gasteiger partial charge in [0.1, 0.15) is 10.7 Å². The van der Waals surface area contributed by atoms with Crippen LogP contribution in [-0.2, 0) is 14.8 Å². The van der Waals surface area contributed by atoms with E-state index in [0.717, 1.165) is 25.7 Å². The molecule has 166 valence electrons. The molecule has 0 spiro atoms. The molecule has 0 unspecified atom stereocenters. The molecule has 0 atom stereocenters. The van der Waals surface area contributed by atoms with Gasteiger partial charge in [-0.15, -0.1) is 0 Å². The van der Waals surface area contributed by atoms with Gasteiger partial charge < -0.3 is 4.90 Å². The van der Waals surface area contributed by atoms with Crippen molar-refractivity contribution >= 4 is 15.9 Å². The summed E-state index contributed by atoms with van der Waals surface area (Å²) in [4.78, 5) is 17.1. The fraction of sp³-hybridized carbons (Fsp3) is 0.682. The summed E-state index contributed by atoms with van der Waals surface area (Å²) < 4.78 is 41.2. The van der Waals surface area contributed by atoms with Gasteiger partial charge in [0.25, 0.3) is 0 Å². The Balaban J connectivity index is 1.38. The average molecular weight is 438 g/mol. The zero-order valence-electron chi connectivity index (χ0n) is 17.5. The van der Waals surface area contributed by atoms with Gasteiger partial charge in [0.2, 0.25) is 15.9 Å². The molecule has 6 nitrogen and oxygen atoms in total. The van der Waals surface area contributed by atoms with Gasteiger partial charge in [0.05, 0.1) is 6.54 Å². The van der Waals surface area contributed by atoms with E-state index in [1.54, 1.807) is 0 Å². The maximum absolute atomic E-state index is 14.1. The minimum atomic E-state index is -3.87. The van der Waals surface area contributed by atoms with Crippen LogP contribution in [0.3, 0.4) is 0 Å². The van der Waals surface area contributed by atoms with Crippen LogP contribution in [-0.4, -0.2) is 73.2 Å². The number of halogens is 1. The maximum Gasteiger partial charge on any atom is 0.246 e. The minimum Gasteiger partial charge on any atom is -0.336 e. The SMILES string of the molecule is O=C(CN1CCCN(S(=O)(=O)c2ccccc2F)CC1)N(C1CCCCC1)C1CC1. The van der Waals surface area contributed by atoms with Crippen molar-refractivity contribution in [3.05, 3.63) is 30.1 Å².